The summed E-state index contributed by atoms with van der Waals surface area (Å²) >= 11 is 0. The number of carboxylic acids is 1. The van der Waals surface area contributed by atoms with E-state index >= 15 is 0 Å². The zero-order valence-corrected chi connectivity index (χ0v) is 13.5. The maximum Gasteiger partial charge on any atom is 0.492 e. The van der Waals surface area contributed by atoms with Gasteiger partial charge < -0.3 is 19.5 Å². The molecule has 0 unspecified atom stereocenters. The molecule has 23 heavy (non-hydrogen) atoms. The van der Waals surface area contributed by atoms with Crippen molar-refractivity contribution in [2.75, 3.05) is 6.61 Å². The molecule has 0 amide bonds. The maximum absolute atomic E-state index is 13.3. The highest BCUT2D eigenvalue weighted by molar-refractivity contribution is 6.55. The fourth-order valence-electron chi connectivity index (χ4n) is 2.09. The van der Waals surface area contributed by atoms with Crippen LogP contribution in [0, 0.1) is 5.95 Å². The van der Waals surface area contributed by atoms with Gasteiger partial charge in [-0.15, -0.1) is 0 Å². The molecule has 0 bridgehead atoms. The highest BCUT2D eigenvalue weighted by Gasteiger charge is 2.52. The molecule has 0 atom stereocenters. The molecule has 1 aliphatic heterocycles. The van der Waals surface area contributed by atoms with Crippen molar-refractivity contribution in [2.24, 2.45) is 0 Å². The van der Waals surface area contributed by atoms with Crippen LogP contribution in [0.4, 0.5) is 4.39 Å². The molecule has 1 saturated heterocycles. The molecular formula is C15H19BFNO5. The Labute approximate surface area is 134 Å². The molecule has 0 aliphatic carbocycles. The van der Waals surface area contributed by atoms with E-state index in [1.807, 2.05) is 27.7 Å². The number of rotatable bonds is 4. The highest BCUT2D eigenvalue weighted by atomic mass is 19.1. The van der Waals surface area contributed by atoms with E-state index in [4.69, 9.17) is 14.4 Å². The second-order valence-corrected chi connectivity index (χ2v) is 6.38. The first-order chi connectivity index (χ1) is 10.6. The maximum atomic E-state index is 13.3. The Kier molecular flexibility index (Phi) is 4.61. The molecule has 1 aliphatic rings. The Morgan fingerprint density at radius 3 is 2.39 bits per heavy atom. The number of pyridine rings is 1. The average Bonchev–Trinajstić information content (AvgIpc) is 2.66. The van der Waals surface area contributed by atoms with Crippen molar-refractivity contribution in [2.45, 2.75) is 38.9 Å². The van der Waals surface area contributed by atoms with Gasteiger partial charge in [-0.05, 0) is 44.8 Å². The van der Waals surface area contributed by atoms with Crippen molar-refractivity contribution >= 4 is 19.2 Å². The van der Waals surface area contributed by atoms with Crippen LogP contribution in [0.5, 0.6) is 0 Å². The lowest BCUT2D eigenvalue weighted by atomic mass is 9.77. The van der Waals surface area contributed by atoms with E-state index in [1.54, 1.807) is 0 Å². The number of carboxylic acid groups (broad SMARTS) is 1. The van der Waals surface area contributed by atoms with Crippen LogP contribution in [-0.2, 0) is 9.31 Å². The van der Waals surface area contributed by atoms with Crippen LogP contribution in [0.2, 0.25) is 0 Å². The summed E-state index contributed by atoms with van der Waals surface area (Å²) in [5.74, 6) is -2.47. The zero-order chi connectivity index (χ0) is 17.4. The summed E-state index contributed by atoms with van der Waals surface area (Å²) in [6.07, 6.45) is 2.67. The fourth-order valence-corrected chi connectivity index (χ4v) is 2.09. The minimum atomic E-state index is -1.41. The monoisotopic (exact) mass is 323 g/mol. The molecule has 8 heteroatoms. The Morgan fingerprint density at radius 1 is 1.35 bits per heavy atom. The van der Waals surface area contributed by atoms with Gasteiger partial charge in [0.2, 0.25) is 5.95 Å². The average molecular weight is 323 g/mol. The van der Waals surface area contributed by atoms with Gasteiger partial charge in [0.25, 0.3) is 0 Å². The largest absolute Gasteiger partial charge is 0.492 e. The van der Waals surface area contributed by atoms with Crippen molar-refractivity contribution in [3.63, 3.8) is 0 Å². The molecule has 2 heterocycles. The van der Waals surface area contributed by atoms with Crippen molar-refractivity contribution in [3.8, 4) is 0 Å². The van der Waals surface area contributed by atoms with E-state index in [2.05, 4.69) is 4.98 Å². The van der Waals surface area contributed by atoms with Gasteiger partial charge >= 0.3 is 13.1 Å². The molecule has 0 radical (unpaired) electrons. The van der Waals surface area contributed by atoms with E-state index in [0.29, 0.717) is 11.0 Å². The molecule has 2 N–H and O–H groups in total. The number of aromatic carboxylic acids is 1. The lowest BCUT2D eigenvalue weighted by molar-refractivity contribution is 0.00578. The molecule has 1 aromatic heterocycles. The van der Waals surface area contributed by atoms with Gasteiger partial charge in [0, 0.05) is 6.20 Å². The smallest absolute Gasteiger partial charge is 0.478 e. The second-order valence-electron chi connectivity index (χ2n) is 6.38. The number of halogens is 1. The number of nitrogens with zero attached hydrogens (tertiary/aromatic N) is 1. The van der Waals surface area contributed by atoms with Crippen LogP contribution in [0.1, 0.15) is 43.6 Å². The quantitative estimate of drug-likeness (QED) is 0.650. The molecule has 0 aromatic carbocycles. The van der Waals surface area contributed by atoms with E-state index in [1.165, 1.54) is 12.3 Å². The Hall–Kier alpha value is -1.77. The van der Waals surface area contributed by atoms with Gasteiger partial charge in [-0.2, -0.15) is 4.39 Å². The summed E-state index contributed by atoms with van der Waals surface area (Å²) in [4.78, 5) is 14.4. The number of hydrogen-bond donors (Lipinski definition) is 2. The second kappa shape index (κ2) is 6.03. The first kappa shape index (κ1) is 17.6. The number of aromatic nitrogens is 1. The molecule has 0 spiro atoms. The SMILES string of the molecule is CC1(C)OB(C(=Cc2cnc(F)c(C(=O)O)c2)CO)OC1(C)C. The van der Waals surface area contributed by atoms with Crippen LogP contribution < -0.4 is 0 Å². The summed E-state index contributed by atoms with van der Waals surface area (Å²) in [6.45, 7) is 7.17. The van der Waals surface area contributed by atoms with Crippen LogP contribution in [0.3, 0.4) is 0 Å². The summed E-state index contributed by atoms with van der Waals surface area (Å²) in [7, 11) is -0.775. The molecule has 0 saturated carbocycles. The van der Waals surface area contributed by atoms with Gasteiger partial charge in [0.1, 0.15) is 5.56 Å². The van der Waals surface area contributed by atoms with E-state index in [-0.39, 0.29) is 6.61 Å². The Morgan fingerprint density at radius 2 is 1.91 bits per heavy atom. The third-order valence-electron chi connectivity index (χ3n) is 4.18. The van der Waals surface area contributed by atoms with Gasteiger partial charge in [-0.3, -0.25) is 0 Å². The number of aliphatic hydroxyl groups excluding tert-OH is 1. The van der Waals surface area contributed by atoms with Gasteiger partial charge in [-0.1, -0.05) is 6.08 Å². The summed E-state index contributed by atoms with van der Waals surface area (Å²) in [6, 6.07) is 1.14. The fraction of sp³-hybridized carbons (Fsp3) is 0.467. The minimum Gasteiger partial charge on any atom is -0.478 e. The standard InChI is InChI=1S/C15H19BFNO5/c1-14(2)15(3,4)23-16(22-14)10(8-19)5-9-6-11(13(20)21)12(17)18-7-9/h5-7,19H,8H2,1-4H3,(H,20,21). The predicted molar refractivity (Wildman–Crippen MR) is 82.3 cm³/mol. The third-order valence-corrected chi connectivity index (χ3v) is 4.18. The van der Waals surface area contributed by atoms with Crippen LogP contribution in [0.25, 0.3) is 6.08 Å². The van der Waals surface area contributed by atoms with Crippen LogP contribution in [-0.4, -0.2) is 46.1 Å². The molecule has 1 aromatic rings. The molecule has 6 nitrogen and oxygen atoms in total. The summed E-state index contributed by atoms with van der Waals surface area (Å²) < 4.78 is 25.0. The van der Waals surface area contributed by atoms with Crippen molar-refractivity contribution in [1.82, 2.24) is 4.98 Å². The lowest BCUT2D eigenvalue weighted by Crippen LogP contribution is -2.41. The minimum absolute atomic E-state index is 0.336. The van der Waals surface area contributed by atoms with Crippen molar-refractivity contribution in [1.29, 1.82) is 0 Å². The Balaban J connectivity index is 2.34. The molecule has 1 fully saturated rings. The van der Waals surface area contributed by atoms with E-state index < -0.39 is 35.8 Å². The number of hydrogen-bond acceptors (Lipinski definition) is 5. The van der Waals surface area contributed by atoms with Crippen molar-refractivity contribution < 1.29 is 28.7 Å². The molecule has 2 rings (SSSR count). The lowest BCUT2D eigenvalue weighted by Gasteiger charge is -2.32. The van der Waals surface area contributed by atoms with Gasteiger partial charge in [-0.25, -0.2) is 9.78 Å². The zero-order valence-electron chi connectivity index (χ0n) is 13.5. The van der Waals surface area contributed by atoms with Crippen LogP contribution >= 0.6 is 0 Å². The number of aliphatic hydroxyl groups is 1. The third kappa shape index (κ3) is 3.44. The first-order valence-electron chi connectivity index (χ1n) is 7.13. The Bertz CT molecular complexity index is 643. The van der Waals surface area contributed by atoms with Crippen LogP contribution in [0.15, 0.2) is 17.7 Å². The number of carbonyl (C=O) groups is 1. The van der Waals surface area contributed by atoms with E-state index in [9.17, 15) is 14.3 Å². The van der Waals surface area contributed by atoms with Crippen molar-refractivity contribution in [3.05, 3.63) is 34.8 Å². The topological polar surface area (TPSA) is 88.9 Å². The predicted octanol–water partition coefficient (Wildman–Crippen LogP) is 1.93. The van der Waals surface area contributed by atoms with Gasteiger partial charge in [0.15, 0.2) is 0 Å². The normalized spacial score (nSPS) is 19.9. The first-order valence-corrected chi connectivity index (χ1v) is 7.13. The summed E-state index contributed by atoms with van der Waals surface area (Å²) in [5, 5.41) is 18.5. The molecular weight excluding hydrogens is 304 g/mol. The summed E-state index contributed by atoms with van der Waals surface area (Å²) in [5.41, 5.74) is -0.945. The van der Waals surface area contributed by atoms with Gasteiger partial charge in [0.05, 0.1) is 17.8 Å². The highest BCUT2D eigenvalue weighted by Crippen LogP contribution is 2.38. The molecule has 124 valence electrons. The van der Waals surface area contributed by atoms with E-state index in [0.717, 1.165) is 6.07 Å².